The molecule has 2 fully saturated rings. The molecule has 0 amide bonds. The molecular formula is C17H34N2. The van der Waals surface area contributed by atoms with Gasteiger partial charge in [0, 0.05) is 12.6 Å². The highest BCUT2D eigenvalue weighted by Gasteiger charge is 2.37. The predicted octanol–water partition coefficient (Wildman–Crippen LogP) is 3.67. The number of nitrogens with one attached hydrogen (secondary N) is 1. The van der Waals surface area contributed by atoms with Crippen LogP contribution < -0.4 is 5.32 Å². The molecule has 1 heterocycles. The molecule has 112 valence electrons. The van der Waals surface area contributed by atoms with Crippen molar-refractivity contribution in [1.29, 1.82) is 0 Å². The first kappa shape index (κ1) is 15.3. The van der Waals surface area contributed by atoms with Crippen molar-refractivity contribution in [2.45, 2.75) is 71.8 Å². The Bertz CT molecular complexity index is 269. The third kappa shape index (κ3) is 3.72. The van der Waals surface area contributed by atoms with E-state index in [9.17, 15) is 0 Å². The van der Waals surface area contributed by atoms with Crippen LogP contribution in [0.15, 0.2) is 0 Å². The first-order valence-electron chi connectivity index (χ1n) is 8.37. The summed E-state index contributed by atoms with van der Waals surface area (Å²) in [5.74, 6) is 0. The molecular weight excluding hydrogens is 232 g/mol. The highest BCUT2D eigenvalue weighted by atomic mass is 15.1. The SMILES string of the molecule is CNC(C)C(C)(C)CN1CCC2(CCCCC2)CC1. The summed E-state index contributed by atoms with van der Waals surface area (Å²) in [6, 6.07) is 0.582. The van der Waals surface area contributed by atoms with Crippen molar-refractivity contribution in [3.8, 4) is 0 Å². The lowest BCUT2D eigenvalue weighted by Gasteiger charge is -2.46. The minimum absolute atomic E-state index is 0.367. The molecule has 1 unspecified atom stereocenters. The summed E-state index contributed by atoms with van der Waals surface area (Å²) in [5, 5.41) is 3.42. The second-order valence-electron chi connectivity index (χ2n) is 7.84. The largest absolute Gasteiger partial charge is 0.317 e. The van der Waals surface area contributed by atoms with Crippen LogP contribution in [0, 0.1) is 10.8 Å². The lowest BCUT2D eigenvalue weighted by Crippen LogP contribution is -2.49. The van der Waals surface area contributed by atoms with Gasteiger partial charge in [-0.05, 0) is 63.6 Å². The maximum absolute atomic E-state index is 3.42. The van der Waals surface area contributed by atoms with Gasteiger partial charge in [0.25, 0.3) is 0 Å². The van der Waals surface area contributed by atoms with Crippen LogP contribution in [0.1, 0.15) is 65.7 Å². The predicted molar refractivity (Wildman–Crippen MR) is 83.5 cm³/mol. The topological polar surface area (TPSA) is 15.3 Å². The Balaban J connectivity index is 1.83. The summed E-state index contributed by atoms with van der Waals surface area (Å²) in [5.41, 5.74) is 1.11. The first-order valence-corrected chi connectivity index (χ1v) is 8.37. The van der Waals surface area contributed by atoms with E-state index in [1.807, 2.05) is 0 Å². The van der Waals surface area contributed by atoms with E-state index in [4.69, 9.17) is 0 Å². The number of piperidine rings is 1. The molecule has 2 rings (SSSR count). The van der Waals surface area contributed by atoms with Gasteiger partial charge in [0.05, 0.1) is 0 Å². The van der Waals surface area contributed by atoms with Gasteiger partial charge in [0.1, 0.15) is 0 Å². The number of hydrogen-bond donors (Lipinski definition) is 1. The van der Waals surface area contributed by atoms with Gasteiger partial charge in [-0.25, -0.2) is 0 Å². The van der Waals surface area contributed by atoms with Crippen LogP contribution in [0.25, 0.3) is 0 Å². The lowest BCUT2D eigenvalue weighted by molar-refractivity contribution is 0.0423. The maximum Gasteiger partial charge on any atom is 0.00991 e. The fourth-order valence-electron chi connectivity index (χ4n) is 4.09. The highest BCUT2D eigenvalue weighted by molar-refractivity contribution is 4.91. The van der Waals surface area contributed by atoms with Crippen LogP contribution in [0.2, 0.25) is 0 Å². The summed E-state index contributed by atoms with van der Waals surface area (Å²) in [4.78, 5) is 2.72. The van der Waals surface area contributed by atoms with Crippen molar-refractivity contribution in [3.63, 3.8) is 0 Å². The second kappa shape index (κ2) is 6.13. The Morgan fingerprint density at radius 3 is 2.16 bits per heavy atom. The molecule has 2 nitrogen and oxygen atoms in total. The zero-order chi connectivity index (χ0) is 13.9. The highest BCUT2D eigenvalue weighted by Crippen LogP contribution is 2.44. The summed E-state index contributed by atoms with van der Waals surface area (Å²) >= 11 is 0. The van der Waals surface area contributed by atoms with E-state index in [0.29, 0.717) is 11.5 Å². The summed E-state index contributed by atoms with van der Waals surface area (Å²) in [7, 11) is 2.08. The molecule has 1 spiro atoms. The number of likely N-dealkylation sites (tertiary alicyclic amines) is 1. The van der Waals surface area contributed by atoms with Gasteiger partial charge in [-0.2, -0.15) is 0 Å². The van der Waals surface area contributed by atoms with Gasteiger partial charge in [-0.1, -0.05) is 33.1 Å². The normalized spacial score (nSPS) is 26.5. The molecule has 0 aromatic rings. The van der Waals surface area contributed by atoms with E-state index in [2.05, 4.69) is 38.0 Å². The fourth-order valence-corrected chi connectivity index (χ4v) is 4.09. The van der Waals surface area contributed by atoms with E-state index in [1.165, 1.54) is 64.6 Å². The number of hydrogen-bond acceptors (Lipinski definition) is 2. The van der Waals surface area contributed by atoms with Crippen molar-refractivity contribution < 1.29 is 0 Å². The second-order valence-corrected chi connectivity index (χ2v) is 7.84. The lowest BCUT2D eigenvalue weighted by atomic mass is 9.68. The Kier molecular flexibility index (Phi) is 4.94. The summed E-state index contributed by atoms with van der Waals surface area (Å²) in [6.45, 7) is 11.0. The minimum Gasteiger partial charge on any atom is -0.317 e. The van der Waals surface area contributed by atoms with Gasteiger partial charge in [-0.3, -0.25) is 0 Å². The van der Waals surface area contributed by atoms with E-state index < -0.39 is 0 Å². The van der Waals surface area contributed by atoms with E-state index in [0.717, 1.165) is 5.41 Å². The van der Waals surface area contributed by atoms with Crippen molar-refractivity contribution in [3.05, 3.63) is 0 Å². The molecule has 1 aliphatic carbocycles. The monoisotopic (exact) mass is 266 g/mol. The van der Waals surface area contributed by atoms with Crippen LogP contribution in [0.5, 0.6) is 0 Å². The molecule has 2 aliphatic rings. The Morgan fingerprint density at radius 2 is 1.63 bits per heavy atom. The Labute approximate surface area is 120 Å². The standard InChI is InChI=1S/C17H34N2/c1-15(18-4)16(2,3)14-19-12-10-17(11-13-19)8-6-5-7-9-17/h15,18H,5-14H2,1-4H3. The Hall–Kier alpha value is -0.0800. The molecule has 1 saturated heterocycles. The molecule has 1 atom stereocenters. The maximum atomic E-state index is 3.42. The van der Waals surface area contributed by atoms with Gasteiger partial charge >= 0.3 is 0 Å². The van der Waals surface area contributed by atoms with Crippen LogP contribution in [-0.2, 0) is 0 Å². The molecule has 0 aromatic carbocycles. The minimum atomic E-state index is 0.367. The molecule has 0 bridgehead atoms. The van der Waals surface area contributed by atoms with Crippen LogP contribution in [-0.4, -0.2) is 37.6 Å². The molecule has 1 aliphatic heterocycles. The van der Waals surface area contributed by atoms with Gasteiger partial charge < -0.3 is 10.2 Å². The molecule has 2 heteroatoms. The first-order chi connectivity index (χ1) is 8.97. The third-order valence-electron chi connectivity index (χ3n) is 6.07. The average molecular weight is 266 g/mol. The number of nitrogens with zero attached hydrogens (tertiary/aromatic N) is 1. The van der Waals surface area contributed by atoms with Crippen molar-refractivity contribution in [1.82, 2.24) is 10.2 Å². The smallest absolute Gasteiger partial charge is 0.00991 e. The van der Waals surface area contributed by atoms with E-state index in [1.54, 1.807) is 0 Å². The molecule has 1 N–H and O–H groups in total. The van der Waals surface area contributed by atoms with Crippen molar-refractivity contribution in [2.75, 3.05) is 26.7 Å². The fraction of sp³-hybridized carbons (Fsp3) is 1.00. The van der Waals surface area contributed by atoms with Gasteiger partial charge in [0.2, 0.25) is 0 Å². The van der Waals surface area contributed by atoms with Crippen LogP contribution in [0.3, 0.4) is 0 Å². The van der Waals surface area contributed by atoms with Gasteiger partial charge in [-0.15, -0.1) is 0 Å². The third-order valence-corrected chi connectivity index (χ3v) is 6.07. The van der Waals surface area contributed by atoms with Crippen molar-refractivity contribution in [2.24, 2.45) is 10.8 Å². The van der Waals surface area contributed by atoms with Crippen LogP contribution in [0.4, 0.5) is 0 Å². The van der Waals surface area contributed by atoms with Gasteiger partial charge in [0.15, 0.2) is 0 Å². The Morgan fingerprint density at radius 1 is 1.05 bits per heavy atom. The number of rotatable bonds is 4. The average Bonchev–Trinajstić information content (AvgIpc) is 2.41. The van der Waals surface area contributed by atoms with E-state index in [-0.39, 0.29) is 0 Å². The summed E-state index contributed by atoms with van der Waals surface area (Å²) < 4.78 is 0. The summed E-state index contributed by atoms with van der Waals surface area (Å²) in [6.07, 6.45) is 10.4. The quantitative estimate of drug-likeness (QED) is 0.835. The molecule has 1 saturated carbocycles. The molecule has 0 aromatic heterocycles. The molecule has 19 heavy (non-hydrogen) atoms. The zero-order valence-corrected chi connectivity index (χ0v) is 13.6. The molecule has 0 radical (unpaired) electrons. The van der Waals surface area contributed by atoms with Crippen molar-refractivity contribution >= 4 is 0 Å². The zero-order valence-electron chi connectivity index (χ0n) is 13.6. The van der Waals surface area contributed by atoms with Crippen LogP contribution >= 0.6 is 0 Å². The van der Waals surface area contributed by atoms with E-state index >= 15 is 0 Å².